The first kappa shape index (κ1) is 7.68. The number of hydrogen-bond acceptors (Lipinski definition) is 1. The molecule has 2 N–H and O–H groups in total. The molecule has 0 amide bonds. The Labute approximate surface area is 63.7 Å². The van der Waals surface area contributed by atoms with E-state index in [1.807, 2.05) is 0 Å². The molecule has 56 valence electrons. The summed E-state index contributed by atoms with van der Waals surface area (Å²) in [4.78, 5) is 0. The van der Waals surface area contributed by atoms with Crippen LogP contribution in [0.25, 0.3) is 0 Å². The number of nitrogens with two attached hydrogens (primary N) is 1. The summed E-state index contributed by atoms with van der Waals surface area (Å²) < 4.78 is 0. The third kappa shape index (κ3) is 1.19. The highest BCUT2D eigenvalue weighted by molar-refractivity contribution is 7.34. The lowest BCUT2D eigenvalue weighted by Gasteiger charge is -1.97. The van der Waals surface area contributed by atoms with Gasteiger partial charge in [-0.3, -0.25) is 0 Å². The number of anilines is 1. The van der Waals surface area contributed by atoms with Crippen LogP contribution in [0, 0.1) is 0 Å². The van der Waals surface area contributed by atoms with Crippen LogP contribution < -0.4 is 5.73 Å². The summed E-state index contributed by atoms with van der Waals surface area (Å²) >= 11 is 0. The maximum absolute atomic E-state index is 5.80. The van der Waals surface area contributed by atoms with Gasteiger partial charge in [0, 0.05) is 0 Å². The minimum absolute atomic E-state index is 0.752. The van der Waals surface area contributed by atoms with Crippen LogP contribution in [0.2, 0.25) is 0 Å². The molecule has 0 aliphatic carbocycles. The Balaban J connectivity index is 3.01. The van der Waals surface area contributed by atoms with Gasteiger partial charge >= 0.3 is 0 Å². The van der Waals surface area contributed by atoms with Gasteiger partial charge in [-0.2, -0.15) is 0 Å². The largest absolute Gasteiger partial charge is 0.396 e. The first-order valence-corrected chi connectivity index (χ1v) is 4.81. The fourth-order valence-electron chi connectivity index (χ4n) is 1.25. The van der Waals surface area contributed by atoms with E-state index in [2.05, 4.69) is 19.6 Å². The average Bonchev–Trinajstić information content (AvgIpc) is 2.30. The summed E-state index contributed by atoms with van der Waals surface area (Å²) in [5.41, 5.74) is 9.78. The zero-order chi connectivity index (χ0) is 7.56. The van der Waals surface area contributed by atoms with Crippen molar-refractivity contribution in [3.8, 4) is 0 Å². The predicted octanol–water partition coefficient (Wildman–Crippen LogP) is 2.42. The molecule has 0 bridgehead atoms. The van der Waals surface area contributed by atoms with Gasteiger partial charge in [0.1, 0.15) is 0 Å². The molecule has 1 rings (SSSR count). The molecule has 0 fully saturated rings. The summed E-state index contributed by atoms with van der Waals surface area (Å²) in [5, 5.41) is 0. The third-order valence-corrected chi connectivity index (χ3v) is 2.95. The van der Waals surface area contributed by atoms with Crippen molar-refractivity contribution in [2.24, 2.45) is 0 Å². The van der Waals surface area contributed by atoms with Crippen molar-refractivity contribution in [3.63, 3.8) is 0 Å². The Morgan fingerprint density at radius 2 is 2.10 bits per heavy atom. The lowest BCUT2D eigenvalue weighted by Crippen LogP contribution is -1.89. The van der Waals surface area contributed by atoms with Crippen LogP contribution in [0.5, 0.6) is 0 Å². The topological polar surface area (TPSA) is 26.0 Å². The zero-order valence-electron chi connectivity index (χ0n) is 6.57. The van der Waals surface area contributed by atoms with Crippen molar-refractivity contribution < 1.29 is 0 Å². The van der Waals surface area contributed by atoms with E-state index >= 15 is 0 Å². The second kappa shape index (κ2) is 3.12. The molecule has 1 heterocycles. The molecule has 1 aromatic heterocycles. The summed E-state index contributed by atoms with van der Waals surface area (Å²) in [6, 6.07) is 0. The highest BCUT2D eigenvalue weighted by Gasteiger charge is 2.02. The van der Waals surface area contributed by atoms with Crippen LogP contribution in [0.4, 0.5) is 5.42 Å². The molecular formula is C8H14NP. The molecule has 1 unspecified atom stereocenters. The molecular weight excluding hydrogens is 141 g/mol. The number of aryl methyl sites for hydroxylation is 1. The van der Waals surface area contributed by atoms with Gasteiger partial charge in [-0.15, -0.1) is 8.19 Å². The summed E-state index contributed by atoms with van der Waals surface area (Å²) in [6.45, 7) is 4.35. The minimum Gasteiger partial charge on any atom is -0.396 e. The Hall–Kier alpha value is -0.420. The Morgan fingerprint density at radius 3 is 2.50 bits per heavy atom. The van der Waals surface area contributed by atoms with Crippen molar-refractivity contribution in [1.29, 1.82) is 0 Å². The lowest BCUT2D eigenvalue weighted by atomic mass is 10.1. The van der Waals surface area contributed by atoms with Crippen molar-refractivity contribution >= 4 is 13.6 Å². The molecule has 0 spiro atoms. The molecule has 2 heteroatoms. The molecule has 1 atom stereocenters. The van der Waals surface area contributed by atoms with Gasteiger partial charge in [-0.1, -0.05) is 13.8 Å². The predicted molar refractivity (Wildman–Crippen MR) is 49.1 cm³/mol. The van der Waals surface area contributed by atoms with Crippen LogP contribution in [0.1, 0.15) is 25.0 Å². The lowest BCUT2D eigenvalue weighted by molar-refractivity contribution is 1.06. The molecule has 0 saturated carbocycles. The van der Waals surface area contributed by atoms with E-state index in [1.165, 1.54) is 11.1 Å². The van der Waals surface area contributed by atoms with Gasteiger partial charge in [0.15, 0.2) is 0 Å². The van der Waals surface area contributed by atoms with E-state index in [1.54, 1.807) is 0 Å². The fraction of sp³-hybridized carbons (Fsp3) is 0.500. The fourth-order valence-corrected chi connectivity index (χ4v) is 2.46. The molecule has 1 aromatic rings. The molecule has 0 aromatic carbocycles. The average molecular weight is 155 g/mol. The molecule has 10 heavy (non-hydrogen) atoms. The SMILES string of the molecule is CCc1c[pH]c(N)c1CC. The monoisotopic (exact) mass is 155 g/mol. The first-order valence-electron chi connectivity index (χ1n) is 3.74. The molecule has 0 aliphatic rings. The van der Waals surface area contributed by atoms with Crippen LogP contribution in [0.15, 0.2) is 5.80 Å². The summed E-state index contributed by atoms with van der Waals surface area (Å²) in [7, 11) is 0.752. The summed E-state index contributed by atoms with van der Waals surface area (Å²) in [6.07, 6.45) is 2.23. The van der Waals surface area contributed by atoms with Crippen molar-refractivity contribution in [3.05, 3.63) is 16.9 Å². The number of hydrogen-bond donors (Lipinski definition) is 1. The molecule has 0 aliphatic heterocycles. The van der Waals surface area contributed by atoms with Gasteiger partial charge in [-0.25, -0.2) is 0 Å². The van der Waals surface area contributed by atoms with Crippen LogP contribution in [-0.2, 0) is 12.8 Å². The van der Waals surface area contributed by atoms with E-state index in [0.29, 0.717) is 0 Å². The molecule has 1 nitrogen and oxygen atoms in total. The quantitative estimate of drug-likeness (QED) is 0.697. The standard InChI is InChI=1S/C8H14NP/c1-3-6-5-10-8(9)7(6)4-2/h5,10H,3-4,9H2,1-2H3. The Morgan fingerprint density at radius 1 is 1.40 bits per heavy atom. The van der Waals surface area contributed by atoms with Crippen molar-refractivity contribution in [1.82, 2.24) is 0 Å². The van der Waals surface area contributed by atoms with E-state index in [-0.39, 0.29) is 0 Å². The van der Waals surface area contributed by atoms with E-state index in [0.717, 1.165) is 26.5 Å². The second-order valence-electron chi connectivity index (χ2n) is 2.41. The van der Waals surface area contributed by atoms with Gasteiger partial charge in [0.2, 0.25) is 0 Å². The second-order valence-corrected chi connectivity index (χ2v) is 3.53. The van der Waals surface area contributed by atoms with Crippen LogP contribution >= 0.6 is 8.19 Å². The van der Waals surface area contributed by atoms with Gasteiger partial charge in [-0.05, 0) is 29.8 Å². The first-order chi connectivity index (χ1) is 4.79. The highest BCUT2D eigenvalue weighted by atomic mass is 31.0. The molecule has 0 saturated heterocycles. The normalized spacial score (nSPS) is 11.0. The Kier molecular flexibility index (Phi) is 2.39. The van der Waals surface area contributed by atoms with E-state index in [4.69, 9.17) is 5.73 Å². The van der Waals surface area contributed by atoms with E-state index < -0.39 is 0 Å². The molecule has 0 radical (unpaired) electrons. The number of rotatable bonds is 2. The maximum atomic E-state index is 5.80. The van der Waals surface area contributed by atoms with Gasteiger partial charge in [0.25, 0.3) is 0 Å². The van der Waals surface area contributed by atoms with E-state index in [9.17, 15) is 0 Å². The third-order valence-electron chi connectivity index (χ3n) is 1.85. The zero-order valence-corrected chi connectivity index (χ0v) is 7.57. The van der Waals surface area contributed by atoms with Gasteiger partial charge < -0.3 is 5.73 Å². The number of nitrogen functional groups attached to an aromatic ring is 1. The minimum atomic E-state index is 0.752. The van der Waals surface area contributed by atoms with Crippen molar-refractivity contribution in [2.75, 3.05) is 5.73 Å². The Bertz CT molecular complexity index is 215. The van der Waals surface area contributed by atoms with Crippen LogP contribution in [0.3, 0.4) is 0 Å². The summed E-state index contributed by atoms with van der Waals surface area (Å²) in [5.74, 6) is 2.27. The maximum Gasteiger partial charge on any atom is 0.0513 e. The van der Waals surface area contributed by atoms with Crippen LogP contribution in [-0.4, -0.2) is 0 Å². The van der Waals surface area contributed by atoms with Crippen molar-refractivity contribution in [2.45, 2.75) is 26.7 Å². The van der Waals surface area contributed by atoms with Gasteiger partial charge in [0.05, 0.1) is 5.42 Å². The highest BCUT2D eigenvalue weighted by Crippen LogP contribution is 2.29. The smallest absolute Gasteiger partial charge is 0.0513 e.